The van der Waals surface area contributed by atoms with Crippen molar-refractivity contribution in [3.63, 3.8) is 0 Å². The number of aliphatic hydroxyl groups is 1. The minimum atomic E-state index is -0.526. The lowest BCUT2D eigenvalue weighted by Gasteiger charge is -2.63. The molecule has 0 radical (unpaired) electrons. The van der Waals surface area contributed by atoms with Crippen LogP contribution in [0, 0.1) is 56.7 Å². The standard InChI is InChI=1S/C35H55NO6/c1-20(2)30(39)36-14-15-40-26(17-36)42-25-10-11-34-19-35(34)13-12-32(6)27-21(3)16-22(18-37)41-28(27)29(38)33(32,7)24(35)9-8-23(34)31(25,4)5/h18,20-29,38H,8-17,19H2,1-7H3/t21-,22-,23+,24+,25+,26+,27+,28+,29+,32-,33-,34-,35+/m1/s1. The summed E-state index contributed by atoms with van der Waals surface area (Å²) in [6.07, 6.45) is 8.53. The molecule has 0 aromatic rings. The molecule has 2 spiro atoms. The van der Waals surface area contributed by atoms with Gasteiger partial charge in [0.05, 0.1) is 31.5 Å². The Hall–Kier alpha value is -1.02. The van der Waals surface area contributed by atoms with Crippen LogP contribution in [0.5, 0.6) is 0 Å². The first-order valence-corrected chi connectivity index (χ1v) is 17.1. The summed E-state index contributed by atoms with van der Waals surface area (Å²) in [6.45, 7) is 17.6. The highest BCUT2D eigenvalue weighted by atomic mass is 16.7. The summed E-state index contributed by atoms with van der Waals surface area (Å²) in [5.74, 6) is 1.91. The number of fused-ring (bicyclic) bond motifs is 4. The van der Waals surface area contributed by atoms with Gasteiger partial charge < -0.3 is 29.0 Å². The largest absolute Gasteiger partial charge is 0.390 e. The molecule has 2 aliphatic heterocycles. The summed E-state index contributed by atoms with van der Waals surface area (Å²) >= 11 is 0. The number of rotatable bonds is 4. The summed E-state index contributed by atoms with van der Waals surface area (Å²) in [5, 5.41) is 12.2. The lowest BCUT2D eigenvalue weighted by atomic mass is 9.41. The minimum Gasteiger partial charge on any atom is -0.390 e. The predicted octanol–water partition coefficient (Wildman–Crippen LogP) is 5.22. The number of hydrogen-bond acceptors (Lipinski definition) is 6. The Kier molecular flexibility index (Phi) is 6.71. The summed E-state index contributed by atoms with van der Waals surface area (Å²) < 4.78 is 19.2. The van der Waals surface area contributed by atoms with Gasteiger partial charge in [0.2, 0.25) is 5.91 Å². The van der Waals surface area contributed by atoms with Crippen molar-refractivity contribution in [3.05, 3.63) is 0 Å². The van der Waals surface area contributed by atoms with Crippen molar-refractivity contribution in [1.29, 1.82) is 0 Å². The zero-order valence-electron chi connectivity index (χ0n) is 27.1. The first-order valence-electron chi connectivity index (χ1n) is 17.1. The third-order valence-corrected chi connectivity index (χ3v) is 15.1. The third-order valence-electron chi connectivity index (χ3n) is 15.1. The van der Waals surface area contributed by atoms with Crippen LogP contribution in [-0.2, 0) is 23.8 Å². The van der Waals surface area contributed by atoms with E-state index in [4.69, 9.17) is 14.2 Å². The molecule has 13 atom stereocenters. The molecular formula is C35H55NO6. The van der Waals surface area contributed by atoms with Crippen LogP contribution >= 0.6 is 0 Å². The molecule has 0 aromatic carbocycles. The van der Waals surface area contributed by atoms with Gasteiger partial charge in [-0.3, -0.25) is 4.79 Å². The van der Waals surface area contributed by atoms with Crippen LogP contribution in [0.3, 0.4) is 0 Å². The van der Waals surface area contributed by atoms with Crippen molar-refractivity contribution in [3.8, 4) is 0 Å². The van der Waals surface area contributed by atoms with Crippen LogP contribution in [0.2, 0.25) is 0 Å². The molecule has 5 aliphatic carbocycles. The predicted molar refractivity (Wildman–Crippen MR) is 158 cm³/mol. The maximum Gasteiger partial charge on any atom is 0.225 e. The fourth-order valence-corrected chi connectivity index (χ4v) is 13.1. The number of amides is 1. The molecule has 1 N–H and O–H groups in total. The molecule has 236 valence electrons. The number of carbonyl (C=O) groups is 2. The number of nitrogens with zero attached hydrogens (tertiary/aromatic N) is 1. The molecule has 7 nitrogen and oxygen atoms in total. The van der Waals surface area contributed by atoms with Gasteiger partial charge in [-0.15, -0.1) is 0 Å². The summed E-state index contributed by atoms with van der Waals surface area (Å²) in [6, 6.07) is 0. The number of carbonyl (C=O) groups excluding carboxylic acids is 2. The average molecular weight is 586 g/mol. The van der Waals surface area contributed by atoms with Crippen LogP contribution in [-0.4, -0.2) is 72.6 Å². The Morgan fingerprint density at radius 2 is 1.76 bits per heavy atom. The first-order chi connectivity index (χ1) is 19.8. The summed E-state index contributed by atoms with van der Waals surface area (Å²) in [5.41, 5.74) is 0.433. The van der Waals surface area contributed by atoms with Crippen LogP contribution < -0.4 is 0 Å². The zero-order chi connectivity index (χ0) is 30.0. The monoisotopic (exact) mass is 585 g/mol. The normalized spacial score (nSPS) is 54.2. The number of aldehydes is 1. The maximum absolute atomic E-state index is 12.7. The molecule has 2 heterocycles. The second-order valence-corrected chi connectivity index (χ2v) is 17.1. The number of hydrogen-bond donors (Lipinski definition) is 1. The molecule has 7 rings (SSSR count). The fraction of sp³-hybridized carbons (Fsp3) is 0.943. The van der Waals surface area contributed by atoms with E-state index in [-0.39, 0.29) is 58.1 Å². The molecule has 0 bridgehead atoms. The van der Waals surface area contributed by atoms with Gasteiger partial charge in [0.1, 0.15) is 12.4 Å². The highest BCUT2D eigenvalue weighted by Crippen LogP contribution is 2.89. The third kappa shape index (κ3) is 3.60. The van der Waals surface area contributed by atoms with E-state index < -0.39 is 6.10 Å². The van der Waals surface area contributed by atoms with E-state index >= 15 is 0 Å². The SMILES string of the molecule is CC(C)C(=O)N1CCO[C@@H](O[C@H]2CC[C@]34C[C@]35CC[C@]3(C)[C@@H]6[C@H](O[C@@H](C=O)C[C@H]6C)[C@H](O)[C@@]3(C)[C@@H]5CC[C@H]4C2(C)C)C1. The summed E-state index contributed by atoms with van der Waals surface area (Å²) in [4.78, 5) is 26.4. The topological polar surface area (TPSA) is 85.3 Å². The van der Waals surface area contributed by atoms with Gasteiger partial charge in [-0.2, -0.15) is 0 Å². The Balaban J connectivity index is 1.12. The van der Waals surface area contributed by atoms with Crippen molar-refractivity contribution in [2.75, 3.05) is 19.7 Å². The highest BCUT2D eigenvalue weighted by Gasteiger charge is 2.84. The molecule has 0 unspecified atom stereocenters. The number of morpholine rings is 1. The molecule has 5 saturated carbocycles. The van der Waals surface area contributed by atoms with Gasteiger partial charge in [0.25, 0.3) is 0 Å². The quantitative estimate of drug-likeness (QED) is 0.455. The Bertz CT molecular complexity index is 1120. The lowest BCUT2D eigenvalue weighted by molar-refractivity contribution is -0.248. The zero-order valence-corrected chi connectivity index (χ0v) is 27.1. The second kappa shape index (κ2) is 9.50. The Morgan fingerprint density at radius 1 is 1.05 bits per heavy atom. The van der Waals surface area contributed by atoms with Crippen molar-refractivity contribution in [1.82, 2.24) is 4.90 Å². The smallest absolute Gasteiger partial charge is 0.225 e. The van der Waals surface area contributed by atoms with Gasteiger partial charge in [-0.25, -0.2) is 0 Å². The van der Waals surface area contributed by atoms with Crippen LogP contribution in [0.15, 0.2) is 0 Å². The molecule has 42 heavy (non-hydrogen) atoms. The van der Waals surface area contributed by atoms with E-state index in [1.165, 1.54) is 25.7 Å². The molecule has 7 heteroatoms. The van der Waals surface area contributed by atoms with Gasteiger partial charge in [0.15, 0.2) is 6.29 Å². The van der Waals surface area contributed by atoms with Crippen LogP contribution in [0.4, 0.5) is 0 Å². The minimum absolute atomic E-state index is 0.0131. The van der Waals surface area contributed by atoms with Gasteiger partial charge in [0, 0.05) is 17.9 Å². The van der Waals surface area contributed by atoms with E-state index in [2.05, 4.69) is 34.6 Å². The molecular weight excluding hydrogens is 530 g/mol. The van der Waals surface area contributed by atoms with Gasteiger partial charge in [-0.1, -0.05) is 48.5 Å². The summed E-state index contributed by atoms with van der Waals surface area (Å²) in [7, 11) is 0. The fourth-order valence-electron chi connectivity index (χ4n) is 13.1. The Morgan fingerprint density at radius 3 is 2.48 bits per heavy atom. The number of ether oxygens (including phenoxy) is 3. The van der Waals surface area contributed by atoms with Crippen molar-refractivity contribution >= 4 is 12.2 Å². The van der Waals surface area contributed by atoms with E-state index in [0.29, 0.717) is 48.8 Å². The molecule has 1 amide bonds. The molecule has 7 aliphatic rings. The number of aliphatic hydroxyl groups excluding tert-OH is 1. The van der Waals surface area contributed by atoms with Crippen molar-refractivity contribution in [2.24, 2.45) is 56.7 Å². The van der Waals surface area contributed by atoms with E-state index in [9.17, 15) is 14.7 Å². The van der Waals surface area contributed by atoms with Crippen LogP contribution in [0.1, 0.15) is 99.8 Å². The van der Waals surface area contributed by atoms with Crippen molar-refractivity contribution < 1.29 is 28.9 Å². The second-order valence-electron chi connectivity index (χ2n) is 17.1. The van der Waals surface area contributed by atoms with Crippen molar-refractivity contribution in [2.45, 2.75) is 131 Å². The maximum atomic E-state index is 12.7. The van der Waals surface area contributed by atoms with E-state index in [1.807, 2.05) is 18.7 Å². The first kappa shape index (κ1) is 29.7. The molecule has 7 fully saturated rings. The molecule has 0 aromatic heterocycles. The van der Waals surface area contributed by atoms with E-state index in [1.54, 1.807) is 0 Å². The van der Waals surface area contributed by atoms with E-state index in [0.717, 1.165) is 32.0 Å². The van der Waals surface area contributed by atoms with Crippen LogP contribution in [0.25, 0.3) is 0 Å². The highest BCUT2D eigenvalue weighted by molar-refractivity contribution is 5.78. The van der Waals surface area contributed by atoms with Gasteiger partial charge in [-0.05, 0) is 96.7 Å². The lowest BCUT2D eigenvalue weighted by Crippen LogP contribution is -2.60. The molecule has 2 saturated heterocycles. The average Bonchev–Trinajstić information content (AvgIpc) is 3.59. The Labute approximate surface area is 252 Å². The van der Waals surface area contributed by atoms with Gasteiger partial charge >= 0.3 is 0 Å².